The lowest BCUT2D eigenvalue weighted by atomic mass is 10.1. The first-order valence-corrected chi connectivity index (χ1v) is 6.38. The first-order chi connectivity index (χ1) is 9.81. The molecular weight excluding hydrogens is 289 g/mol. The van der Waals surface area contributed by atoms with Gasteiger partial charge in [-0.2, -0.15) is 13.2 Å². The zero-order chi connectivity index (χ0) is 15.6. The van der Waals surface area contributed by atoms with Gasteiger partial charge in [-0.15, -0.1) is 0 Å². The van der Waals surface area contributed by atoms with E-state index in [0.717, 1.165) is 12.1 Å². The predicted octanol–water partition coefficient (Wildman–Crippen LogP) is 1.86. The third-order valence-electron chi connectivity index (χ3n) is 3.24. The van der Waals surface area contributed by atoms with E-state index in [9.17, 15) is 23.1 Å². The van der Waals surface area contributed by atoms with Crippen molar-refractivity contribution in [2.75, 3.05) is 11.9 Å². The number of halogens is 3. The number of nitrogens with two attached hydrogens (primary N) is 1. The van der Waals surface area contributed by atoms with Crippen molar-refractivity contribution in [2.45, 2.75) is 31.2 Å². The molecule has 5 nitrogen and oxygen atoms in total. The van der Waals surface area contributed by atoms with Gasteiger partial charge in [0.05, 0.1) is 17.4 Å². The molecule has 0 spiro atoms. The maximum atomic E-state index is 12.6. The summed E-state index contributed by atoms with van der Waals surface area (Å²) in [4.78, 5) is 11.9. The fourth-order valence-electron chi connectivity index (χ4n) is 2.10. The van der Waals surface area contributed by atoms with Crippen LogP contribution < -0.4 is 11.1 Å². The van der Waals surface area contributed by atoms with Crippen LogP contribution in [-0.2, 0) is 15.7 Å². The Balaban J connectivity index is 2.10. The highest BCUT2D eigenvalue weighted by atomic mass is 19.4. The van der Waals surface area contributed by atoms with Gasteiger partial charge in [0.25, 0.3) is 5.91 Å². The minimum absolute atomic E-state index is 0.226. The maximum Gasteiger partial charge on any atom is 0.416 e. The molecule has 0 saturated carbocycles. The van der Waals surface area contributed by atoms with Crippen molar-refractivity contribution >= 4 is 11.6 Å². The smallest absolute Gasteiger partial charge is 0.416 e. The molecule has 1 aliphatic heterocycles. The first kappa shape index (κ1) is 15.6. The fraction of sp³-hybridized carbons (Fsp3) is 0.462. The van der Waals surface area contributed by atoms with E-state index in [1.165, 1.54) is 0 Å². The highest BCUT2D eigenvalue weighted by Gasteiger charge is 2.33. The highest BCUT2D eigenvalue weighted by molar-refractivity contribution is 5.95. The molecule has 1 aromatic rings. The Hall–Kier alpha value is -1.80. The van der Waals surface area contributed by atoms with Gasteiger partial charge in [0.1, 0.15) is 11.9 Å². The second kappa shape index (κ2) is 5.90. The molecule has 1 amide bonds. The topological polar surface area (TPSA) is 84.6 Å². The average Bonchev–Trinajstić information content (AvgIpc) is 2.88. The number of amides is 1. The fourth-order valence-corrected chi connectivity index (χ4v) is 2.10. The molecular formula is C13H15F3N2O3. The van der Waals surface area contributed by atoms with Gasteiger partial charge in [0, 0.05) is 6.54 Å². The number of ether oxygens (including phenoxy) is 1. The lowest BCUT2D eigenvalue weighted by Crippen LogP contribution is -2.29. The number of carbonyl (C=O) groups excluding carboxylic acids is 1. The zero-order valence-corrected chi connectivity index (χ0v) is 11.0. The molecule has 116 valence electrons. The van der Waals surface area contributed by atoms with Gasteiger partial charge >= 0.3 is 6.18 Å². The maximum absolute atomic E-state index is 12.6. The Bertz CT molecular complexity index is 534. The monoisotopic (exact) mass is 304 g/mol. The van der Waals surface area contributed by atoms with Crippen molar-refractivity contribution in [2.24, 2.45) is 5.73 Å². The first-order valence-electron chi connectivity index (χ1n) is 6.38. The number of hydrogen-bond acceptors (Lipinski definition) is 4. The van der Waals surface area contributed by atoms with E-state index in [1.54, 1.807) is 0 Å². The molecule has 8 heteroatoms. The summed E-state index contributed by atoms with van der Waals surface area (Å²) in [5, 5.41) is 11.8. The molecule has 1 fully saturated rings. The zero-order valence-electron chi connectivity index (χ0n) is 11.0. The quantitative estimate of drug-likeness (QED) is 0.744. The van der Waals surface area contributed by atoms with Crippen molar-refractivity contribution in [1.82, 2.24) is 0 Å². The molecule has 0 aromatic heterocycles. The van der Waals surface area contributed by atoms with Crippen molar-refractivity contribution in [3.63, 3.8) is 0 Å². The van der Waals surface area contributed by atoms with Gasteiger partial charge in [0.2, 0.25) is 0 Å². The van der Waals surface area contributed by atoms with Crippen LogP contribution in [0.2, 0.25) is 0 Å². The predicted molar refractivity (Wildman–Crippen MR) is 68.7 cm³/mol. The van der Waals surface area contributed by atoms with E-state index in [2.05, 4.69) is 5.32 Å². The van der Waals surface area contributed by atoms with Crippen LogP contribution in [0.4, 0.5) is 18.9 Å². The third-order valence-corrected chi connectivity index (χ3v) is 3.24. The normalized spacial score (nSPS) is 22.3. The number of alkyl halides is 3. The summed E-state index contributed by atoms with van der Waals surface area (Å²) in [6.45, 7) is 0.276. The van der Waals surface area contributed by atoms with Crippen LogP contribution in [0.1, 0.15) is 18.4 Å². The SMILES string of the molecule is NCC1CCC(C(=O)Nc2cc(C(F)(F)F)ccc2O)O1. The van der Waals surface area contributed by atoms with Crippen LogP contribution >= 0.6 is 0 Å². The number of phenolic OH excluding ortho intramolecular Hbond substituents is 1. The second-order valence-electron chi connectivity index (χ2n) is 4.78. The van der Waals surface area contributed by atoms with Gasteiger partial charge in [-0.3, -0.25) is 4.79 Å². The minimum atomic E-state index is -4.55. The summed E-state index contributed by atoms with van der Waals surface area (Å²) in [5.74, 6) is -1.04. The van der Waals surface area contributed by atoms with E-state index in [0.29, 0.717) is 18.9 Å². The van der Waals surface area contributed by atoms with Gasteiger partial charge in [-0.05, 0) is 31.0 Å². The number of aromatic hydroxyl groups is 1. The van der Waals surface area contributed by atoms with Crippen molar-refractivity contribution in [3.8, 4) is 5.75 Å². The molecule has 0 bridgehead atoms. The van der Waals surface area contributed by atoms with Crippen LogP contribution in [0.15, 0.2) is 18.2 Å². The summed E-state index contributed by atoms with van der Waals surface area (Å²) in [6, 6.07) is 2.31. The number of anilines is 1. The van der Waals surface area contributed by atoms with E-state index in [-0.39, 0.29) is 18.3 Å². The number of rotatable bonds is 3. The Morgan fingerprint density at radius 1 is 1.43 bits per heavy atom. The molecule has 2 rings (SSSR count). The van der Waals surface area contributed by atoms with Gasteiger partial charge in [-0.1, -0.05) is 0 Å². The Morgan fingerprint density at radius 3 is 2.71 bits per heavy atom. The number of phenols is 1. The number of nitrogens with one attached hydrogen (secondary N) is 1. The standard InChI is InChI=1S/C13H15F3N2O3/c14-13(15,16)7-1-3-10(19)9(5-7)18-12(20)11-4-2-8(6-17)21-11/h1,3,5,8,11,19H,2,4,6,17H2,(H,18,20). The van der Waals surface area contributed by atoms with Gasteiger partial charge < -0.3 is 20.9 Å². The summed E-state index contributed by atoms with van der Waals surface area (Å²) >= 11 is 0. The molecule has 1 saturated heterocycles. The molecule has 2 atom stereocenters. The molecule has 1 heterocycles. The number of benzene rings is 1. The Labute approximate surface area is 118 Å². The molecule has 0 radical (unpaired) electrons. The van der Waals surface area contributed by atoms with Crippen LogP contribution in [0.25, 0.3) is 0 Å². The van der Waals surface area contributed by atoms with E-state index in [4.69, 9.17) is 10.5 Å². The molecule has 2 unspecified atom stereocenters. The van der Waals surface area contributed by atoms with Crippen molar-refractivity contribution in [3.05, 3.63) is 23.8 Å². The van der Waals surface area contributed by atoms with Gasteiger partial charge in [0.15, 0.2) is 0 Å². The van der Waals surface area contributed by atoms with E-state index in [1.807, 2.05) is 0 Å². The molecule has 0 aliphatic carbocycles. The number of carbonyl (C=O) groups is 1. The Morgan fingerprint density at radius 2 is 2.14 bits per heavy atom. The van der Waals surface area contributed by atoms with Crippen LogP contribution in [0.3, 0.4) is 0 Å². The van der Waals surface area contributed by atoms with Crippen molar-refractivity contribution in [1.29, 1.82) is 0 Å². The average molecular weight is 304 g/mol. The number of hydrogen-bond donors (Lipinski definition) is 3. The van der Waals surface area contributed by atoms with E-state index < -0.39 is 29.5 Å². The van der Waals surface area contributed by atoms with Gasteiger partial charge in [-0.25, -0.2) is 0 Å². The summed E-state index contributed by atoms with van der Waals surface area (Å²) in [6.07, 6.45) is -4.50. The molecule has 1 aromatic carbocycles. The molecule has 1 aliphatic rings. The lowest BCUT2D eigenvalue weighted by Gasteiger charge is -2.15. The summed E-state index contributed by atoms with van der Waals surface area (Å²) in [7, 11) is 0. The highest BCUT2D eigenvalue weighted by Crippen LogP contribution is 2.34. The largest absolute Gasteiger partial charge is 0.506 e. The third kappa shape index (κ3) is 3.64. The summed E-state index contributed by atoms with van der Waals surface area (Å²) < 4.78 is 43.1. The molecule has 21 heavy (non-hydrogen) atoms. The lowest BCUT2D eigenvalue weighted by molar-refractivity contribution is -0.137. The second-order valence-corrected chi connectivity index (χ2v) is 4.78. The van der Waals surface area contributed by atoms with E-state index >= 15 is 0 Å². The van der Waals surface area contributed by atoms with Crippen LogP contribution in [0, 0.1) is 0 Å². The minimum Gasteiger partial charge on any atom is -0.506 e. The summed E-state index contributed by atoms with van der Waals surface area (Å²) in [5.41, 5.74) is 4.17. The van der Waals surface area contributed by atoms with Crippen molar-refractivity contribution < 1.29 is 27.8 Å². The molecule has 4 N–H and O–H groups in total. The van der Waals surface area contributed by atoms with Crippen LogP contribution in [0.5, 0.6) is 5.75 Å². The Kier molecular flexibility index (Phi) is 4.38. The van der Waals surface area contributed by atoms with Crippen LogP contribution in [-0.4, -0.2) is 29.8 Å².